The first-order chi connectivity index (χ1) is 12.2. The van der Waals surface area contributed by atoms with Gasteiger partial charge >= 0.3 is 6.55 Å². The third-order valence-corrected chi connectivity index (χ3v) is 4.79. The number of nitrogens with one attached hydrogen (secondary N) is 1. The Hall–Kier alpha value is -1.01. The van der Waals surface area contributed by atoms with Crippen molar-refractivity contribution < 1.29 is 13.5 Å². The van der Waals surface area contributed by atoms with Gasteiger partial charge in [-0.25, -0.2) is 4.98 Å². The summed E-state index contributed by atoms with van der Waals surface area (Å²) in [6.07, 6.45) is 3.83. The van der Waals surface area contributed by atoms with Crippen molar-refractivity contribution in [2.45, 2.75) is 19.5 Å². The standard InChI is InChI=1S/C16H26F2N6O.HI/c1-19-16(21-10-14-20-3-4-24(14)15(17)18)23-7-5-22(6-8-23)11-13-2-9-25-12-13;/h3-4,13,15H,2,5-12H2,1H3,(H,19,21);1H. The van der Waals surface area contributed by atoms with Gasteiger partial charge < -0.3 is 15.0 Å². The van der Waals surface area contributed by atoms with Gasteiger partial charge in [-0.1, -0.05) is 0 Å². The van der Waals surface area contributed by atoms with Crippen LogP contribution in [0.15, 0.2) is 17.4 Å². The van der Waals surface area contributed by atoms with Crippen molar-refractivity contribution in [1.82, 2.24) is 24.7 Å². The van der Waals surface area contributed by atoms with Crippen LogP contribution in [0.25, 0.3) is 0 Å². The first kappa shape index (κ1) is 21.3. The largest absolute Gasteiger partial charge is 0.381 e. The molecule has 1 aromatic rings. The van der Waals surface area contributed by atoms with Crippen LogP contribution < -0.4 is 5.32 Å². The van der Waals surface area contributed by atoms with E-state index in [2.05, 4.69) is 25.1 Å². The van der Waals surface area contributed by atoms with Gasteiger partial charge in [0.1, 0.15) is 5.82 Å². The Bertz CT molecular complexity index is 571. The molecule has 0 aliphatic carbocycles. The number of nitrogens with zero attached hydrogens (tertiary/aromatic N) is 5. The molecule has 2 fully saturated rings. The van der Waals surface area contributed by atoms with Crippen LogP contribution in [-0.2, 0) is 11.3 Å². The lowest BCUT2D eigenvalue weighted by molar-refractivity contribution is 0.0668. The van der Waals surface area contributed by atoms with E-state index in [0.717, 1.165) is 62.9 Å². The van der Waals surface area contributed by atoms with Crippen molar-refractivity contribution in [3.8, 4) is 0 Å². The highest BCUT2D eigenvalue weighted by Gasteiger charge is 2.24. The average Bonchev–Trinajstić information content (AvgIpc) is 3.28. The van der Waals surface area contributed by atoms with E-state index in [1.165, 1.54) is 12.4 Å². The van der Waals surface area contributed by atoms with Gasteiger partial charge in [0.15, 0.2) is 5.96 Å². The molecule has 2 aliphatic heterocycles. The summed E-state index contributed by atoms with van der Waals surface area (Å²) in [6, 6.07) is 0. The number of halogens is 3. The van der Waals surface area contributed by atoms with Crippen LogP contribution in [0.1, 0.15) is 18.8 Å². The quantitative estimate of drug-likeness (QED) is 0.391. The first-order valence-electron chi connectivity index (χ1n) is 8.73. The Labute approximate surface area is 169 Å². The molecule has 7 nitrogen and oxygen atoms in total. The summed E-state index contributed by atoms with van der Waals surface area (Å²) in [7, 11) is 1.71. The molecule has 1 atom stereocenters. The molecule has 3 rings (SSSR count). The van der Waals surface area contributed by atoms with E-state index in [4.69, 9.17) is 4.74 Å². The Morgan fingerprint density at radius 1 is 1.38 bits per heavy atom. The highest BCUT2D eigenvalue weighted by atomic mass is 127. The van der Waals surface area contributed by atoms with Crippen LogP contribution in [0.4, 0.5) is 8.78 Å². The molecular formula is C16H27F2IN6O. The maximum absolute atomic E-state index is 12.9. The lowest BCUT2D eigenvalue weighted by atomic mass is 10.1. The fourth-order valence-corrected chi connectivity index (χ4v) is 3.38. The van der Waals surface area contributed by atoms with E-state index in [-0.39, 0.29) is 30.5 Å². The summed E-state index contributed by atoms with van der Waals surface area (Å²) in [5.41, 5.74) is 0. The molecule has 10 heteroatoms. The molecule has 0 aromatic carbocycles. The molecule has 1 unspecified atom stereocenters. The Morgan fingerprint density at radius 2 is 2.15 bits per heavy atom. The zero-order valence-electron chi connectivity index (χ0n) is 15.0. The maximum Gasteiger partial charge on any atom is 0.319 e. The molecule has 148 valence electrons. The number of ether oxygens (including phenoxy) is 1. The van der Waals surface area contributed by atoms with Crippen molar-refractivity contribution in [2.75, 3.05) is 53.0 Å². The van der Waals surface area contributed by atoms with Crippen molar-refractivity contribution in [2.24, 2.45) is 10.9 Å². The summed E-state index contributed by atoms with van der Waals surface area (Å²) in [5.74, 6) is 1.68. The van der Waals surface area contributed by atoms with Crippen LogP contribution in [0.3, 0.4) is 0 Å². The topological polar surface area (TPSA) is 57.9 Å². The lowest BCUT2D eigenvalue weighted by Gasteiger charge is -2.37. The number of hydrogen-bond donors (Lipinski definition) is 1. The van der Waals surface area contributed by atoms with Crippen LogP contribution in [0.5, 0.6) is 0 Å². The van der Waals surface area contributed by atoms with Crippen LogP contribution in [0, 0.1) is 5.92 Å². The Kier molecular flexibility index (Phi) is 8.48. The van der Waals surface area contributed by atoms with Crippen molar-refractivity contribution in [3.63, 3.8) is 0 Å². The number of rotatable bonds is 5. The summed E-state index contributed by atoms with van der Waals surface area (Å²) < 4.78 is 32.0. The van der Waals surface area contributed by atoms with E-state index in [1.54, 1.807) is 7.05 Å². The zero-order chi connectivity index (χ0) is 17.6. The number of guanidine groups is 1. The molecule has 1 aromatic heterocycles. The molecule has 0 spiro atoms. The second kappa shape index (κ2) is 10.4. The highest BCUT2D eigenvalue weighted by Crippen LogP contribution is 2.15. The number of piperazine rings is 1. The molecular weight excluding hydrogens is 457 g/mol. The summed E-state index contributed by atoms with van der Waals surface area (Å²) in [5, 5.41) is 3.15. The van der Waals surface area contributed by atoms with Gasteiger partial charge in [0.05, 0.1) is 13.2 Å². The minimum Gasteiger partial charge on any atom is -0.381 e. The number of imidazole rings is 1. The highest BCUT2D eigenvalue weighted by molar-refractivity contribution is 14.0. The van der Waals surface area contributed by atoms with E-state index < -0.39 is 6.55 Å². The molecule has 0 amide bonds. The number of alkyl halides is 2. The normalized spacial score (nSPS) is 21.9. The summed E-state index contributed by atoms with van der Waals surface area (Å²) >= 11 is 0. The molecule has 3 heterocycles. The smallest absolute Gasteiger partial charge is 0.319 e. The Morgan fingerprint density at radius 3 is 2.77 bits per heavy atom. The zero-order valence-corrected chi connectivity index (χ0v) is 17.3. The van der Waals surface area contributed by atoms with Crippen molar-refractivity contribution >= 4 is 29.9 Å². The van der Waals surface area contributed by atoms with Gasteiger partial charge in [0.2, 0.25) is 0 Å². The molecule has 0 bridgehead atoms. The molecule has 0 saturated carbocycles. The number of hydrogen-bond acceptors (Lipinski definition) is 4. The molecule has 26 heavy (non-hydrogen) atoms. The van der Waals surface area contributed by atoms with Crippen LogP contribution in [-0.4, -0.2) is 78.3 Å². The minimum absolute atomic E-state index is 0. The molecule has 2 saturated heterocycles. The first-order valence-corrected chi connectivity index (χ1v) is 8.73. The van der Waals surface area contributed by atoms with E-state index in [1.807, 2.05) is 0 Å². The third-order valence-electron chi connectivity index (χ3n) is 4.79. The van der Waals surface area contributed by atoms with Gasteiger partial charge in [-0.15, -0.1) is 24.0 Å². The van der Waals surface area contributed by atoms with Gasteiger partial charge in [-0.3, -0.25) is 14.5 Å². The van der Waals surface area contributed by atoms with Gasteiger partial charge in [0.25, 0.3) is 0 Å². The second-order valence-electron chi connectivity index (χ2n) is 6.45. The summed E-state index contributed by atoms with van der Waals surface area (Å²) in [4.78, 5) is 12.9. The fraction of sp³-hybridized carbons (Fsp3) is 0.750. The minimum atomic E-state index is -2.58. The van der Waals surface area contributed by atoms with E-state index in [9.17, 15) is 8.78 Å². The SMILES string of the molecule is CN=C(NCc1nccn1C(F)F)N1CCN(CC2CCOC2)CC1.I. The van der Waals surface area contributed by atoms with Gasteiger partial charge in [0, 0.05) is 58.8 Å². The van der Waals surface area contributed by atoms with E-state index >= 15 is 0 Å². The summed E-state index contributed by atoms with van der Waals surface area (Å²) in [6.45, 7) is 4.19. The number of aromatic nitrogens is 2. The lowest BCUT2D eigenvalue weighted by Crippen LogP contribution is -2.53. The molecule has 1 N–H and O–H groups in total. The Balaban J connectivity index is 0.00000243. The monoisotopic (exact) mass is 484 g/mol. The molecule has 0 radical (unpaired) electrons. The predicted octanol–water partition coefficient (Wildman–Crippen LogP) is 1.63. The maximum atomic E-state index is 12.9. The average molecular weight is 484 g/mol. The fourth-order valence-electron chi connectivity index (χ4n) is 3.38. The van der Waals surface area contributed by atoms with E-state index in [0.29, 0.717) is 11.7 Å². The molecule has 2 aliphatic rings. The van der Waals surface area contributed by atoms with Gasteiger partial charge in [-0.2, -0.15) is 8.78 Å². The van der Waals surface area contributed by atoms with Crippen LogP contribution in [0.2, 0.25) is 0 Å². The third kappa shape index (κ3) is 5.49. The second-order valence-corrected chi connectivity index (χ2v) is 6.45. The van der Waals surface area contributed by atoms with Crippen molar-refractivity contribution in [1.29, 1.82) is 0 Å². The van der Waals surface area contributed by atoms with Gasteiger partial charge in [-0.05, 0) is 12.3 Å². The van der Waals surface area contributed by atoms with Crippen molar-refractivity contribution in [3.05, 3.63) is 18.2 Å². The van der Waals surface area contributed by atoms with Crippen LogP contribution >= 0.6 is 24.0 Å². The predicted molar refractivity (Wildman–Crippen MR) is 106 cm³/mol. The number of aliphatic imine (C=N–C) groups is 1.